The van der Waals surface area contributed by atoms with Crippen molar-refractivity contribution in [1.29, 1.82) is 0 Å². The zero-order valence-electron chi connectivity index (χ0n) is 10.5. The molecule has 3 rings (SSSR count). The standard InChI is InChI=1S/C12H13N5OS/c1-18-11-6-9-10(19-11)3-2-8-7-15-17(12(8)9)5-4-14-16-13/h6-7H,2-5H2,1H3. The smallest absolute Gasteiger partial charge is 0.174 e. The summed E-state index contributed by atoms with van der Waals surface area (Å²) in [6, 6.07) is 2.07. The van der Waals surface area contributed by atoms with Gasteiger partial charge in [0.05, 0.1) is 19.0 Å². The third-order valence-electron chi connectivity index (χ3n) is 3.25. The van der Waals surface area contributed by atoms with E-state index in [1.54, 1.807) is 18.4 Å². The molecule has 0 atom stereocenters. The summed E-state index contributed by atoms with van der Waals surface area (Å²) in [7, 11) is 1.69. The van der Waals surface area contributed by atoms with E-state index in [1.165, 1.54) is 16.0 Å². The van der Waals surface area contributed by atoms with Crippen LogP contribution < -0.4 is 4.74 Å². The monoisotopic (exact) mass is 275 g/mol. The van der Waals surface area contributed by atoms with E-state index in [2.05, 4.69) is 21.2 Å². The van der Waals surface area contributed by atoms with Gasteiger partial charge in [0.15, 0.2) is 5.06 Å². The number of azide groups is 1. The number of ether oxygens (including phenoxy) is 1. The van der Waals surface area contributed by atoms with E-state index in [1.807, 2.05) is 10.9 Å². The van der Waals surface area contributed by atoms with Crippen molar-refractivity contribution in [3.8, 4) is 16.3 Å². The van der Waals surface area contributed by atoms with Gasteiger partial charge in [0, 0.05) is 34.5 Å². The van der Waals surface area contributed by atoms with Crippen molar-refractivity contribution in [2.24, 2.45) is 5.11 Å². The Hall–Kier alpha value is -1.98. The van der Waals surface area contributed by atoms with Gasteiger partial charge in [-0.3, -0.25) is 4.68 Å². The van der Waals surface area contributed by atoms with Crippen LogP contribution in [0.3, 0.4) is 0 Å². The molecule has 1 aliphatic carbocycles. The van der Waals surface area contributed by atoms with Crippen LogP contribution in [0.25, 0.3) is 21.7 Å². The van der Waals surface area contributed by atoms with E-state index in [4.69, 9.17) is 10.3 Å². The average molecular weight is 275 g/mol. The first-order valence-electron chi connectivity index (χ1n) is 6.06. The molecule has 0 saturated carbocycles. The lowest BCUT2D eigenvalue weighted by Crippen LogP contribution is -2.08. The highest BCUT2D eigenvalue weighted by molar-refractivity contribution is 7.14. The normalized spacial score (nSPS) is 12.5. The minimum atomic E-state index is 0.418. The van der Waals surface area contributed by atoms with Crippen LogP contribution in [0.2, 0.25) is 0 Å². The fourth-order valence-corrected chi connectivity index (χ4v) is 3.38. The van der Waals surface area contributed by atoms with Gasteiger partial charge in [0.1, 0.15) is 0 Å². The van der Waals surface area contributed by atoms with Gasteiger partial charge in [0.2, 0.25) is 0 Å². The maximum Gasteiger partial charge on any atom is 0.174 e. The number of fused-ring (bicyclic) bond motifs is 3. The lowest BCUT2D eigenvalue weighted by Gasteiger charge is -2.14. The molecule has 2 aromatic rings. The number of methoxy groups -OCH3 is 1. The van der Waals surface area contributed by atoms with E-state index in [-0.39, 0.29) is 0 Å². The summed E-state index contributed by atoms with van der Waals surface area (Å²) in [4.78, 5) is 4.12. The Kier molecular flexibility index (Phi) is 3.15. The lowest BCUT2D eigenvalue weighted by molar-refractivity contribution is 0.427. The highest BCUT2D eigenvalue weighted by atomic mass is 32.1. The molecule has 0 bridgehead atoms. The molecule has 0 amide bonds. The van der Waals surface area contributed by atoms with E-state index >= 15 is 0 Å². The second-order valence-corrected chi connectivity index (χ2v) is 5.40. The van der Waals surface area contributed by atoms with Gasteiger partial charge in [-0.2, -0.15) is 5.10 Å². The summed E-state index contributed by atoms with van der Waals surface area (Å²) in [5.74, 6) is 0. The summed E-state index contributed by atoms with van der Waals surface area (Å²) < 4.78 is 7.24. The van der Waals surface area contributed by atoms with E-state index in [0.717, 1.165) is 23.6 Å². The van der Waals surface area contributed by atoms with Gasteiger partial charge >= 0.3 is 0 Å². The summed E-state index contributed by atoms with van der Waals surface area (Å²) in [5.41, 5.74) is 12.0. The average Bonchev–Trinajstić information content (AvgIpc) is 3.01. The minimum absolute atomic E-state index is 0.418. The Bertz CT molecular complexity index is 653. The summed E-state index contributed by atoms with van der Waals surface area (Å²) in [5, 5.41) is 8.90. The molecule has 7 heteroatoms. The quantitative estimate of drug-likeness (QED) is 0.488. The van der Waals surface area contributed by atoms with Crippen LogP contribution in [0.15, 0.2) is 17.4 Å². The van der Waals surface area contributed by atoms with Crippen molar-refractivity contribution in [2.45, 2.75) is 19.4 Å². The van der Waals surface area contributed by atoms with E-state index in [9.17, 15) is 0 Å². The van der Waals surface area contributed by atoms with Gasteiger partial charge in [-0.05, 0) is 23.9 Å². The first kappa shape index (κ1) is 12.1. The predicted octanol–water partition coefficient (Wildman–Crippen LogP) is 3.03. The van der Waals surface area contributed by atoms with Gasteiger partial charge in [0.25, 0.3) is 0 Å². The molecule has 0 spiro atoms. The molecule has 2 aromatic heterocycles. The molecule has 19 heavy (non-hydrogen) atoms. The molecule has 0 fully saturated rings. The van der Waals surface area contributed by atoms with Crippen LogP contribution in [0.1, 0.15) is 10.4 Å². The summed E-state index contributed by atoms with van der Waals surface area (Å²) >= 11 is 1.69. The van der Waals surface area contributed by atoms with Crippen molar-refractivity contribution < 1.29 is 4.74 Å². The number of nitrogens with zero attached hydrogens (tertiary/aromatic N) is 5. The Labute approximate surface area is 114 Å². The Morgan fingerprint density at radius 2 is 2.47 bits per heavy atom. The molecule has 0 saturated heterocycles. The fourth-order valence-electron chi connectivity index (χ4n) is 2.41. The second-order valence-electron chi connectivity index (χ2n) is 4.30. The Morgan fingerprint density at radius 3 is 3.26 bits per heavy atom. The molecule has 0 aliphatic heterocycles. The fraction of sp³-hybridized carbons (Fsp3) is 0.417. The first-order chi connectivity index (χ1) is 9.33. The molecule has 1 aliphatic rings. The van der Waals surface area contributed by atoms with E-state index in [0.29, 0.717) is 13.1 Å². The van der Waals surface area contributed by atoms with Crippen LogP contribution >= 0.6 is 11.3 Å². The number of aryl methyl sites for hydroxylation is 2. The molecule has 0 radical (unpaired) electrons. The van der Waals surface area contributed by atoms with Crippen molar-refractivity contribution >= 4 is 11.3 Å². The molecule has 0 unspecified atom stereocenters. The van der Waals surface area contributed by atoms with Crippen LogP contribution in [0, 0.1) is 0 Å². The van der Waals surface area contributed by atoms with Crippen molar-refractivity contribution in [3.63, 3.8) is 0 Å². The Morgan fingerprint density at radius 1 is 1.58 bits per heavy atom. The number of hydrogen-bond donors (Lipinski definition) is 0. The van der Waals surface area contributed by atoms with Crippen molar-refractivity contribution in [1.82, 2.24) is 9.78 Å². The van der Waals surface area contributed by atoms with E-state index < -0.39 is 0 Å². The van der Waals surface area contributed by atoms with Gasteiger partial charge in [-0.25, -0.2) is 0 Å². The van der Waals surface area contributed by atoms with Crippen molar-refractivity contribution in [3.05, 3.63) is 33.1 Å². The van der Waals surface area contributed by atoms with Crippen LogP contribution in [0.5, 0.6) is 5.06 Å². The van der Waals surface area contributed by atoms with Crippen LogP contribution in [0.4, 0.5) is 0 Å². The molecule has 0 aromatic carbocycles. The molecule has 6 nitrogen and oxygen atoms in total. The number of rotatable bonds is 4. The van der Waals surface area contributed by atoms with Crippen LogP contribution in [-0.4, -0.2) is 23.4 Å². The highest BCUT2D eigenvalue weighted by Gasteiger charge is 2.23. The zero-order valence-corrected chi connectivity index (χ0v) is 11.4. The molecule has 2 heterocycles. The third-order valence-corrected chi connectivity index (χ3v) is 4.41. The van der Waals surface area contributed by atoms with Gasteiger partial charge in [-0.15, -0.1) is 11.3 Å². The molecule has 98 valence electrons. The maximum absolute atomic E-state index is 8.34. The first-order valence-corrected chi connectivity index (χ1v) is 6.87. The number of thiophene rings is 1. The third kappa shape index (κ3) is 2.07. The summed E-state index contributed by atoms with van der Waals surface area (Å²) in [6.07, 6.45) is 3.96. The predicted molar refractivity (Wildman–Crippen MR) is 73.5 cm³/mol. The summed E-state index contributed by atoms with van der Waals surface area (Å²) in [6.45, 7) is 1.03. The Balaban J connectivity index is 2.00. The maximum atomic E-state index is 8.34. The van der Waals surface area contributed by atoms with Gasteiger partial charge < -0.3 is 4.74 Å². The second kappa shape index (κ2) is 4.95. The number of hydrogen-bond acceptors (Lipinski definition) is 4. The number of aromatic nitrogens is 2. The van der Waals surface area contributed by atoms with Crippen LogP contribution in [-0.2, 0) is 19.4 Å². The SMILES string of the molecule is COc1cc2c(s1)CCc1cnn(CCN=[N+]=[N-])c1-2. The zero-order chi connectivity index (χ0) is 13.2. The molecular weight excluding hydrogens is 262 g/mol. The molecule has 0 N–H and O–H groups in total. The minimum Gasteiger partial charge on any atom is -0.487 e. The highest BCUT2D eigenvalue weighted by Crippen LogP contribution is 2.41. The van der Waals surface area contributed by atoms with Crippen molar-refractivity contribution in [2.75, 3.05) is 13.7 Å². The topological polar surface area (TPSA) is 75.8 Å². The van der Waals surface area contributed by atoms with Gasteiger partial charge in [-0.1, -0.05) is 5.11 Å². The molecular formula is C12H13N5OS. The largest absolute Gasteiger partial charge is 0.487 e. The lowest BCUT2D eigenvalue weighted by atomic mass is 9.97.